The van der Waals surface area contributed by atoms with Crippen molar-refractivity contribution in [2.75, 3.05) is 20.1 Å². The molecule has 0 atom stereocenters. The standard InChI is InChI=1S/C15H22N2O2S2/c1-5-17(6-2)15(20)21-10-12-7-11(3)8-13(9-12)19-14(18)16-4/h7-9H,5-6,10H2,1-4H3,(H,16,18). The molecule has 116 valence electrons. The average Bonchev–Trinajstić information content (AvgIpc) is 2.45. The Kier molecular flexibility index (Phi) is 7.53. The van der Waals surface area contributed by atoms with Crippen LogP contribution in [0.4, 0.5) is 4.79 Å². The fraction of sp³-hybridized carbons (Fsp3) is 0.467. The number of ether oxygens (including phenoxy) is 1. The summed E-state index contributed by atoms with van der Waals surface area (Å²) in [7, 11) is 1.54. The summed E-state index contributed by atoms with van der Waals surface area (Å²) in [5, 5.41) is 2.44. The monoisotopic (exact) mass is 326 g/mol. The molecule has 0 aliphatic carbocycles. The van der Waals surface area contributed by atoms with E-state index in [-0.39, 0.29) is 0 Å². The van der Waals surface area contributed by atoms with Crippen molar-refractivity contribution in [1.29, 1.82) is 0 Å². The number of thioether (sulfide) groups is 1. The van der Waals surface area contributed by atoms with Gasteiger partial charge in [0.1, 0.15) is 10.1 Å². The third kappa shape index (κ3) is 5.93. The lowest BCUT2D eigenvalue weighted by atomic mass is 10.1. The summed E-state index contributed by atoms with van der Waals surface area (Å²) >= 11 is 7.05. The second-order valence-electron chi connectivity index (χ2n) is 4.52. The van der Waals surface area contributed by atoms with Crippen molar-refractivity contribution in [2.24, 2.45) is 0 Å². The second kappa shape index (κ2) is 8.89. The van der Waals surface area contributed by atoms with Crippen LogP contribution in [0.25, 0.3) is 0 Å². The SMILES string of the molecule is CCN(CC)C(=S)SCc1cc(C)cc(OC(=O)NC)c1. The van der Waals surface area contributed by atoms with E-state index in [1.807, 2.05) is 19.1 Å². The first kappa shape index (κ1) is 17.8. The van der Waals surface area contributed by atoms with Crippen molar-refractivity contribution in [3.63, 3.8) is 0 Å². The van der Waals surface area contributed by atoms with E-state index in [1.54, 1.807) is 11.8 Å². The van der Waals surface area contributed by atoms with Crippen LogP contribution in [0.2, 0.25) is 0 Å². The van der Waals surface area contributed by atoms with Gasteiger partial charge in [-0.15, -0.1) is 0 Å². The van der Waals surface area contributed by atoms with Gasteiger partial charge in [0.15, 0.2) is 0 Å². The zero-order chi connectivity index (χ0) is 15.8. The van der Waals surface area contributed by atoms with Crippen LogP contribution in [0, 0.1) is 6.92 Å². The van der Waals surface area contributed by atoms with Gasteiger partial charge < -0.3 is 15.0 Å². The summed E-state index contributed by atoms with van der Waals surface area (Å²) in [5.74, 6) is 1.32. The molecular formula is C15H22N2O2S2. The molecule has 1 amide bonds. The van der Waals surface area contributed by atoms with E-state index in [2.05, 4.69) is 30.1 Å². The highest BCUT2D eigenvalue weighted by molar-refractivity contribution is 8.22. The highest BCUT2D eigenvalue weighted by Crippen LogP contribution is 2.22. The summed E-state index contributed by atoms with van der Waals surface area (Å²) in [5.41, 5.74) is 2.15. The lowest BCUT2D eigenvalue weighted by Crippen LogP contribution is -2.26. The highest BCUT2D eigenvalue weighted by Gasteiger charge is 2.08. The van der Waals surface area contributed by atoms with Crippen molar-refractivity contribution in [2.45, 2.75) is 26.5 Å². The van der Waals surface area contributed by atoms with Crippen LogP contribution in [0.5, 0.6) is 5.75 Å². The average molecular weight is 326 g/mol. The van der Waals surface area contributed by atoms with Crippen LogP contribution in [0.1, 0.15) is 25.0 Å². The van der Waals surface area contributed by atoms with E-state index in [0.717, 1.165) is 34.3 Å². The Labute approximate surface area is 136 Å². The normalized spacial score (nSPS) is 10.1. The van der Waals surface area contributed by atoms with E-state index < -0.39 is 6.09 Å². The van der Waals surface area contributed by atoms with E-state index in [0.29, 0.717) is 5.75 Å². The molecule has 21 heavy (non-hydrogen) atoms. The minimum absolute atomic E-state index is 0.460. The number of nitrogens with zero attached hydrogens (tertiary/aromatic N) is 1. The molecule has 0 saturated heterocycles. The van der Waals surface area contributed by atoms with Crippen molar-refractivity contribution in [3.05, 3.63) is 29.3 Å². The van der Waals surface area contributed by atoms with Crippen LogP contribution in [-0.4, -0.2) is 35.5 Å². The fourth-order valence-corrected chi connectivity index (χ4v) is 3.18. The number of hydrogen-bond acceptors (Lipinski definition) is 4. The van der Waals surface area contributed by atoms with E-state index in [1.165, 1.54) is 7.05 Å². The molecule has 0 aliphatic heterocycles. The van der Waals surface area contributed by atoms with Gasteiger partial charge in [0, 0.05) is 25.9 Å². The highest BCUT2D eigenvalue weighted by atomic mass is 32.2. The fourth-order valence-electron chi connectivity index (χ4n) is 1.84. The maximum Gasteiger partial charge on any atom is 0.412 e. The molecule has 0 unspecified atom stereocenters. The van der Waals surface area contributed by atoms with Crippen LogP contribution in [0.3, 0.4) is 0 Å². The summed E-state index contributed by atoms with van der Waals surface area (Å²) in [6, 6.07) is 5.79. The molecular weight excluding hydrogens is 304 g/mol. The number of carbonyl (C=O) groups excluding carboxylic acids is 1. The lowest BCUT2D eigenvalue weighted by Gasteiger charge is -2.20. The number of aryl methyl sites for hydroxylation is 1. The maximum absolute atomic E-state index is 11.3. The third-order valence-corrected chi connectivity index (χ3v) is 4.50. The number of carbonyl (C=O) groups is 1. The van der Waals surface area contributed by atoms with E-state index >= 15 is 0 Å². The Bertz CT molecular complexity index is 502. The van der Waals surface area contributed by atoms with Gasteiger partial charge in [-0.1, -0.05) is 30.0 Å². The van der Waals surface area contributed by atoms with Gasteiger partial charge in [0.05, 0.1) is 0 Å². The van der Waals surface area contributed by atoms with Gasteiger partial charge in [-0.2, -0.15) is 0 Å². The van der Waals surface area contributed by atoms with Crippen LogP contribution in [-0.2, 0) is 5.75 Å². The minimum atomic E-state index is -0.460. The molecule has 0 aliphatic rings. The Morgan fingerprint density at radius 2 is 2.00 bits per heavy atom. The molecule has 1 aromatic rings. The summed E-state index contributed by atoms with van der Waals surface area (Å²) < 4.78 is 6.08. The molecule has 4 nitrogen and oxygen atoms in total. The Morgan fingerprint density at radius 3 is 2.57 bits per heavy atom. The van der Waals surface area contributed by atoms with Crippen LogP contribution >= 0.6 is 24.0 Å². The predicted octanol–water partition coefficient (Wildman–Crippen LogP) is 3.57. The van der Waals surface area contributed by atoms with Crippen molar-refractivity contribution in [1.82, 2.24) is 10.2 Å². The summed E-state index contributed by atoms with van der Waals surface area (Å²) in [4.78, 5) is 13.4. The first-order chi connectivity index (χ1) is 9.99. The van der Waals surface area contributed by atoms with Gasteiger partial charge in [-0.3, -0.25) is 0 Å². The number of nitrogens with one attached hydrogen (secondary N) is 1. The molecule has 0 saturated carbocycles. The third-order valence-electron chi connectivity index (χ3n) is 2.91. The molecule has 0 heterocycles. The Balaban J connectivity index is 2.71. The molecule has 1 rings (SSSR count). The topological polar surface area (TPSA) is 41.6 Å². The first-order valence-electron chi connectivity index (χ1n) is 6.92. The quantitative estimate of drug-likeness (QED) is 0.838. The largest absolute Gasteiger partial charge is 0.412 e. The smallest absolute Gasteiger partial charge is 0.410 e. The minimum Gasteiger partial charge on any atom is -0.410 e. The summed E-state index contributed by atoms with van der Waals surface area (Å²) in [6.45, 7) is 8.01. The van der Waals surface area contributed by atoms with E-state index in [4.69, 9.17) is 17.0 Å². The number of thiocarbonyl (C=S) groups is 1. The van der Waals surface area contributed by atoms with Crippen LogP contribution in [0.15, 0.2) is 18.2 Å². The maximum atomic E-state index is 11.3. The van der Waals surface area contributed by atoms with Crippen LogP contribution < -0.4 is 10.1 Å². The number of rotatable bonds is 5. The molecule has 0 fully saturated rings. The van der Waals surface area contributed by atoms with Crippen molar-refractivity contribution < 1.29 is 9.53 Å². The zero-order valence-corrected chi connectivity index (χ0v) is 14.6. The molecule has 1 N–H and O–H groups in total. The molecule has 0 aromatic heterocycles. The lowest BCUT2D eigenvalue weighted by molar-refractivity contribution is 0.203. The zero-order valence-electron chi connectivity index (χ0n) is 12.9. The number of benzene rings is 1. The van der Waals surface area contributed by atoms with Gasteiger partial charge in [0.25, 0.3) is 0 Å². The molecule has 0 spiro atoms. The number of hydrogen-bond donors (Lipinski definition) is 1. The Morgan fingerprint density at radius 1 is 1.33 bits per heavy atom. The van der Waals surface area contributed by atoms with Gasteiger partial charge in [-0.05, 0) is 44.0 Å². The molecule has 0 radical (unpaired) electrons. The molecule has 1 aromatic carbocycles. The van der Waals surface area contributed by atoms with Gasteiger partial charge in [0.2, 0.25) is 0 Å². The number of amides is 1. The second-order valence-corrected chi connectivity index (χ2v) is 6.13. The Hall–Kier alpha value is -1.27. The van der Waals surface area contributed by atoms with E-state index in [9.17, 15) is 4.79 Å². The molecule has 6 heteroatoms. The summed E-state index contributed by atoms with van der Waals surface area (Å²) in [6.07, 6.45) is -0.460. The van der Waals surface area contributed by atoms with Crippen molar-refractivity contribution >= 4 is 34.4 Å². The van der Waals surface area contributed by atoms with Gasteiger partial charge in [-0.25, -0.2) is 4.79 Å². The van der Waals surface area contributed by atoms with Crippen molar-refractivity contribution in [3.8, 4) is 5.75 Å². The van der Waals surface area contributed by atoms with Gasteiger partial charge >= 0.3 is 6.09 Å². The predicted molar refractivity (Wildman–Crippen MR) is 93.1 cm³/mol. The molecule has 0 bridgehead atoms. The first-order valence-corrected chi connectivity index (χ1v) is 8.31.